The van der Waals surface area contributed by atoms with Gasteiger partial charge in [-0.3, -0.25) is 10.1 Å². The number of carbonyl (C=O) groups is 1. The molecule has 2 aliphatic heterocycles. The largest absolute Gasteiger partial charge is 0.480 e. The Morgan fingerprint density at radius 2 is 2.40 bits per heavy atom. The van der Waals surface area contributed by atoms with Gasteiger partial charge in [-0.25, -0.2) is 0 Å². The molecule has 1 saturated heterocycles. The predicted octanol–water partition coefficient (Wildman–Crippen LogP) is -0.405. The summed E-state index contributed by atoms with van der Waals surface area (Å²) in [6.45, 7) is 0.587. The van der Waals surface area contributed by atoms with Gasteiger partial charge in [0.1, 0.15) is 6.04 Å². The summed E-state index contributed by atoms with van der Waals surface area (Å²) in [5, 5.41) is 18.9. The highest BCUT2D eigenvalue weighted by atomic mass is 16.4. The van der Waals surface area contributed by atoms with E-state index in [1.54, 1.807) is 0 Å². The van der Waals surface area contributed by atoms with Crippen LogP contribution in [0.2, 0.25) is 0 Å². The van der Waals surface area contributed by atoms with E-state index in [1.165, 1.54) is 0 Å². The third-order valence-corrected chi connectivity index (χ3v) is 1.84. The van der Waals surface area contributed by atoms with Crippen molar-refractivity contribution in [1.82, 2.24) is 5.32 Å². The summed E-state index contributed by atoms with van der Waals surface area (Å²) in [6.07, 6.45) is 0.516. The Morgan fingerprint density at radius 3 is 2.70 bits per heavy atom. The van der Waals surface area contributed by atoms with E-state index < -0.39 is 12.0 Å². The lowest BCUT2D eigenvalue weighted by Gasteiger charge is -1.99. The first-order chi connectivity index (χ1) is 4.72. The van der Waals surface area contributed by atoms with Crippen LogP contribution in [0.25, 0.3) is 0 Å². The van der Waals surface area contributed by atoms with E-state index in [2.05, 4.69) is 15.5 Å². The quantitative estimate of drug-likeness (QED) is 0.521. The lowest BCUT2D eigenvalue weighted by molar-refractivity contribution is -0.139. The molecule has 2 aliphatic rings. The molecule has 0 aromatic rings. The van der Waals surface area contributed by atoms with Crippen LogP contribution in [0.4, 0.5) is 0 Å². The maximum atomic E-state index is 10.4. The summed E-state index contributed by atoms with van der Waals surface area (Å²) in [6, 6.07) is -0.449. The van der Waals surface area contributed by atoms with Gasteiger partial charge in [-0.2, -0.15) is 10.2 Å². The second-order valence-electron chi connectivity index (χ2n) is 2.66. The van der Waals surface area contributed by atoms with Crippen molar-refractivity contribution in [3.05, 3.63) is 0 Å². The Labute approximate surface area is 57.1 Å². The van der Waals surface area contributed by atoms with Gasteiger partial charge in [-0.15, -0.1) is 0 Å². The van der Waals surface area contributed by atoms with Gasteiger partial charge in [-0.05, 0) is 0 Å². The van der Waals surface area contributed by atoms with E-state index in [0.29, 0.717) is 13.0 Å². The third-order valence-electron chi connectivity index (χ3n) is 1.84. The fourth-order valence-corrected chi connectivity index (χ4v) is 1.16. The molecule has 1 spiro atoms. The molecule has 1 atom stereocenters. The Balaban J connectivity index is 2.00. The minimum absolute atomic E-state index is 0.344. The van der Waals surface area contributed by atoms with Crippen LogP contribution < -0.4 is 5.32 Å². The first kappa shape index (κ1) is 5.79. The highest BCUT2D eigenvalue weighted by molar-refractivity contribution is 5.74. The number of carboxylic acids is 1. The molecule has 0 radical (unpaired) electrons. The maximum Gasteiger partial charge on any atom is 0.320 e. The van der Waals surface area contributed by atoms with Gasteiger partial charge in [-0.1, -0.05) is 0 Å². The second kappa shape index (κ2) is 1.54. The second-order valence-corrected chi connectivity index (χ2v) is 2.66. The molecule has 2 N–H and O–H groups in total. The molecule has 5 nitrogen and oxygen atoms in total. The van der Waals surface area contributed by atoms with Crippen LogP contribution in [0.5, 0.6) is 0 Å². The summed E-state index contributed by atoms with van der Waals surface area (Å²) in [5.41, 5.74) is -0.344. The smallest absolute Gasteiger partial charge is 0.320 e. The topological polar surface area (TPSA) is 74.0 Å². The molecule has 0 aromatic heterocycles. The number of hydrogen-bond donors (Lipinski definition) is 2. The highest BCUT2D eigenvalue weighted by Gasteiger charge is 2.49. The molecule has 0 aliphatic carbocycles. The standard InChI is InChI=1S/C5H7N3O2/c9-4(10)3-1-5(2-6-3)7-8-5/h3,6H,1-2H2,(H,9,10)/t3-/m0/s1. The average Bonchev–Trinajstić information content (AvgIpc) is 2.41. The molecule has 54 valence electrons. The molecule has 5 heteroatoms. The van der Waals surface area contributed by atoms with Crippen LogP contribution in [0, 0.1) is 0 Å². The minimum atomic E-state index is -0.811. The lowest BCUT2D eigenvalue weighted by atomic mass is 10.1. The van der Waals surface area contributed by atoms with E-state index >= 15 is 0 Å². The zero-order chi connectivity index (χ0) is 7.19. The average molecular weight is 141 g/mol. The van der Waals surface area contributed by atoms with Gasteiger partial charge < -0.3 is 5.11 Å². The number of carboxylic acid groups (broad SMARTS) is 1. The Kier molecular flexibility index (Phi) is 0.894. The van der Waals surface area contributed by atoms with Crippen molar-refractivity contribution in [2.24, 2.45) is 10.2 Å². The Morgan fingerprint density at radius 1 is 1.70 bits per heavy atom. The van der Waals surface area contributed by atoms with E-state index in [4.69, 9.17) is 5.11 Å². The molecule has 0 aromatic carbocycles. The van der Waals surface area contributed by atoms with Gasteiger partial charge in [0.25, 0.3) is 0 Å². The van der Waals surface area contributed by atoms with Crippen LogP contribution in [0.1, 0.15) is 6.42 Å². The lowest BCUT2D eigenvalue weighted by Crippen LogP contribution is -2.29. The van der Waals surface area contributed by atoms with Crippen LogP contribution >= 0.6 is 0 Å². The van der Waals surface area contributed by atoms with Crippen molar-refractivity contribution < 1.29 is 9.90 Å². The Hall–Kier alpha value is -0.970. The van der Waals surface area contributed by atoms with Crippen LogP contribution in [-0.2, 0) is 4.79 Å². The molecule has 0 unspecified atom stereocenters. The summed E-state index contributed by atoms with van der Waals surface area (Å²) in [7, 11) is 0. The van der Waals surface area contributed by atoms with E-state index in [0.717, 1.165) is 0 Å². The van der Waals surface area contributed by atoms with Gasteiger partial charge >= 0.3 is 5.97 Å². The minimum Gasteiger partial charge on any atom is -0.480 e. The summed E-state index contributed by atoms with van der Waals surface area (Å²) < 4.78 is 0. The summed E-state index contributed by atoms with van der Waals surface area (Å²) >= 11 is 0. The SMILES string of the molecule is O=C(O)[C@@H]1CC2(CN1)N=N2. The third kappa shape index (κ3) is 0.706. The van der Waals surface area contributed by atoms with E-state index in [-0.39, 0.29) is 5.66 Å². The highest BCUT2D eigenvalue weighted by Crippen LogP contribution is 2.36. The zero-order valence-electron chi connectivity index (χ0n) is 5.24. The molecule has 10 heavy (non-hydrogen) atoms. The number of aliphatic carboxylic acids is 1. The number of nitrogens with zero attached hydrogens (tertiary/aromatic N) is 2. The predicted molar refractivity (Wildman–Crippen MR) is 31.6 cm³/mol. The van der Waals surface area contributed by atoms with Gasteiger partial charge in [0.2, 0.25) is 5.66 Å². The molecule has 2 heterocycles. The number of nitrogens with one attached hydrogen (secondary N) is 1. The number of hydrogen-bond acceptors (Lipinski definition) is 4. The monoisotopic (exact) mass is 141 g/mol. The van der Waals surface area contributed by atoms with Crippen molar-refractivity contribution in [2.45, 2.75) is 18.1 Å². The normalized spacial score (nSPS) is 33.0. The summed E-state index contributed by atoms with van der Waals surface area (Å²) in [4.78, 5) is 10.4. The van der Waals surface area contributed by atoms with Gasteiger partial charge in [0.05, 0.1) is 0 Å². The molecular formula is C5H7N3O2. The molecule has 0 saturated carbocycles. The van der Waals surface area contributed by atoms with Gasteiger partial charge in [0, 0.05) is 13.0 Å². The zero-order valence-corrected chi connectivity index (χ0v) is 5.24. The number of rotatable bonds is 1. The van der Waals surface area contributed by atoms with Gasteiger partial charge in [0.15, 0.2) is 0 Å². The van der Waals surface area contributed by atoms with Crippen molar-refractivity contribution in [1.29, 1.82) is 0 Å². The molecule has 1 fully saturated rings. The van der Waals surface area contributed by atoms with Crippen LogP contribution in [-0.4, -0.2) is 29.3 Å². The molecule has 2 rings (SSSR count). The van der Waals surface area contributed by atoms with Crippen LogP contribution in [0.15, 0.2) is 10.2 Å². The molecule has 0 amide bonds. The molecular weight excluding hydrogens is 134 g/mol. The van der Waals surface area contributed by atoms with Crippen molar-refractivity contribution in [3.8, 4) is 0 Å². The van der Waals surface area contributed by atoms with E-state index in [1.807, 2.05) is 0 Å². The Bertz CT molecular complexity index is 207. The van der Waals surface area contributed by atoms with E-state index in [9.17, 15) is 4.79 Å². The van der Waals surface area contributed by atoms with Crippen LogP contribution in [0.3, 0.4) is 0 Å². The van der Waals surface area contributed by atoms with Crippen molar-refractivity contribution in [2.75, 3.05) is 6.54 Å². The first-order valence-electron chi connectivity index (χ1n) is 3.12. The maximum absolute atomic E-state index is 10.4. The fourth-order valence-electron chi connectivity index (χ4n) is 1.16. The van der Waals surface area contributed by atoms with Crippen molar-refractivity contribution >= 4 is 5.97 Å². The van der Waals surface area contributed by atoms with Crippen molar-refractivity contribution in [3.63, 3.8) is 0 Å². The summed E-state index contributed by atoms with van der Waals surface area (Å²) in [5.74, 6) is -0.811. The fraction of sp³-hybridized carbons (Fsp3) is 0.800. The first-order valence-corrected chi connectivity index (χ1v) is 3.12. The molecule has 0 bridgehead atoms.